The molecule has 0 unspecified atom stereocenters. The fourth-order valence-corrected chi connectivity index (χ4v) is 2.71. The number of hydrogen-bond donors (Lipinski definition) is 0. The van der Waals surface area contributed by atoms with Crippen LogP contribution in [0.3, 0.4) is 0 Å². The minimum Gasteiger partial charge on any atom is -0.376 e. The van der Waals surface area contributed by atoms with Crippen molar-refractivity contribution in [3.8, 4) is 0 Å². The molecule has 0 aliphatic heterocycles. The Morgan fingerprint density at radius 2 is 1.46 bits per heavy atom. The van der Waals surface area contributed by atoms with E-state index in [1.165, 1.54) is 0 Å². The fourth-order valence-electron chi connectivity index (χ4n) is 2.46. The predicted octanol–water partition coefficient (Wildman–Crippen LogP) is 5.27. The molecule has 0 fully saturated rings. The summed E-state index contributed by atoms with van der Waals surface area (Å²) in [5, 5.41) is 1.27. The molecule has 0 saturated carbocycles. The van der Waals surface area contributed by atoms with Crippen LogP contribution in [0.25, 0.3) is 0 Å². The number of benzene rings is 2. The summed E-state index contributed by atoms with van der Waals surface area (Å²) in [5.74, 6) is -0.296. The van der Waals surface area contributed by atoms with Gasteiger partial charge in [0.15, 0.2) is 12.5 Å². The average Bonchev–Trinajstić information content (AvgIpc) is 2.64. The van der Waals surface area contributed by atoms with Crippen LogP contribution in [-0.4, -0.2) is 25.2 Å². The SMILES string of the molecule is C[C@@H](COCc1ccc(Cl)cc1)[C@@H](OCc1ccc(Cl)cc1)[C@H](F)C=O. The van der Waals surface area contributed by atoms with E-state index >= 15 is 0 Å². The zero-order chi connectivity index (χ0) is 18.9. The second kappa shape index (κ2) is 10.6. The Balaban J connectivity index is 1.86. The summed E-state index contributed by atoms with van der Waals surface area (Å²) in [6, 6.07) is 14.4. The second-order valence-electron chi connectivity index (χ2n) is 6.10. The number of carbonyl (C=O) groups is 1. The van der Waals surface area contributed by atoms with E-state index in [4.69, 9.17) is 32.7 Å². The van der Waals surface area contributed by atoms with Crippen molar-refractivity contribution in [2.45, 2.75) is 32.4 Å². The smallest absolute Gasteiger partial charge is 0.181 e. The van der Waals surface area contributed by atoms with Crippen molar-refractivity contribution in [2.24, 2.45) is 5.92 Å². The van der Waals surface area contributed by atoms with Gasteiger partial charge in [0, 0.05) is 16.0 Å². The van der Waals surface area contributed by atoms with Crippen LogP contribution >= 0.6 is 23.2 Å². The summed E-state index contributed by atoms with van der Waals surface area (Å²) in [5.41, 5.74) is 1.82. The molecule has 2 rings (SSSR count). The Morgan fingerprint density at radius 3 is 1.96 bits per heavy atom. The highest BCUT2D eigenvalue weighted by molar-refractivity contribution is 6.30. The van der Waals surface area contributed by atoms with E-state index in [1.807, 2.05) is 12.1 Å². The number of ether oxygens (including phenoxy) is 2. The summed E-state index contributed by atoms with van der Waals surface area (Å²) in [4.78, 5) is 10.9. The maximum Gasteiger partial charge on any atom is 0.181 e. The highest BCUT2D eigenvalue weighted by atomic mass is 35.5. The van der Waals surface area contributed by atoms with Crippen molar-refractivity contribution in [1.82, 2.24) is 0 Å². The monoisotopic (exact) mass is 398 g/mol. The number of hydrogen-bond acceptors (Lipinski definition) is 3. The Hall–Kier alpha value is -1.46. The van der Waals surface area contributed by atoms with Gasteiger partial charge in [-0.1, -0.05) is 54.4 Å². The molecule has 0 radical (unpaired) electrons. The Labute approximate surface area is 163 Å². The molecule has 0 aliphatic carbocycles. The lowest BCUT2D eigenvalue weighted by Gasteiger charge is -2.25. The topological polar surface area (TPSA) is 35.5 Å². The molecular formula is C20H21Cl2FO3. The summed E-state index contributed by atoms with van der Waals surface area (Å²) in [6.45, 7) is 2.63. The van der Waals surface area contributed by atoms with Gasteiger partial charge in [-0.05, 0) is 35.4 Å². The van der Waals surface area contributed by atoms with Gasteiger partial charge in [-0.15, -0.1) is 0 Å². The highest BCUT2D eigenvalue weighted by Gasteiger charge is 2.27. The minimum atomic E-state index is -1.71. The van der Waals surface area contributed by atoms with Crippen molar-refractivity contribution in [3.05, 3.63) is 69.7 Å². The van der Waals surface area contributed by atoms with Gasteiger partial charge >= 0.3 is 0 Å². The van der Waals surface area contributed by atoms with Crippen molar-refractivity contribution < 1.29 is 18.7 Å². The zero-order valence-corrected chi connectivity index (χ0v) is 15.9. The third-order valence-electron chi connectivity index (χ3n) is 3.92. The first-order valence-corrected chi connectivity index (χ1v) is 9.02. The summed E-state index contributed by atoms with van der Waals surface area (Å²) < 4.78 is 25.3. The normalized spacial score (nSPS) is 14.6. The van der Waals surface area contributed by atoms with E-state index < -0.39 is 12.3 Å². The molecule has 2 aromatic carbocycles. The van der Waals surface area contributed by atoms with Crippen LogP contribution in [0.15, 0.2) is 48.5 Å². The van der Waals surface area contributed by atoms with Gasteiger partial charge in [0.2, 0.25) is 0 Å². The second-order valence-corrected chi connectivity index (χ2v) is 6.97. The molecule has 0 bridgehead atoms. The minimum absolute atomic E-state index is 0.192. The van der Waals surface area contributed by atoms with Gasteiger partial charge in [0.05, 0.1) is 19.8 Å². The van der Waals surface area contributed by atoms with E-state index in [9.17, 15) is 9.18 Å². The Morgan fingerprint density at radius 1 is 0.962 bits per heavy atom. The number of alkyl halides is 1. The lowest BCUT2D eigenvalue weighted by molar-refractivity contribution is -0.122. The van der Waals surface area contributed by atoms with Crippen LogP contribution in [0.2, 0.25) is 10.0 Å². The molecule has 3 nitrogen and oxygen atoms in total. The van der Waals surface area contributed by atoms with Gasteiger partial charge in [-0.2, -0.15) is 0 Å². The van der Waals surface area contributed by atoms with Crippen LogP contribution in [0.5, 0.6) is 0 Å². The van der Waals surface area contributed by atoms with E-state index in [-0.39, 0.29) is 25.4 Å². The van der Waals surface area contributed by atoms with E-state index in [2.05, 4.69) is 0 Å². The molecule has 0 aromatic heterocycles. The first kappa shape index (κ1) is 20.8. The molecule has 0 heterocycles. The predicted molar refractivity (Wildman–Crippen MR) is 101 cm³/mol. The van der Waals surface area contributed by atoms with Crippen LogP contribution in [-0.2, 0) is 27.5 Å². The Bertz CT molecular complexity index is 676. The fraction of sp³-hybridized carbons (Fsp3) is 0.350. The maximum atomic E-state index is 14.0. The lowest BCUT2D eigenvalue weighted by atomic mass is 10.0. The summed E-state index contributed by atoms with van der Waals surface area (Å²) in [7, 11) is 0. The van der Waals surface area contributed by atoms with E-state index in [1.54, 1.807) is 43.3 Å². The van der Waals surface area contributed by atoms with Crippen molar-refractivity contribution in [2.75, 3.05) is 6.61 Å². The molecule has 0 amide bonds. The van der Waals surface area contributed by atoms with Crippen molar-refractivity contribution >= 4 is 29.5 Å². The molecule has 26 heavy (non-hydrogen) atoms. The van der Waals surface area contributed by atoms with Crippen LogP contribution in [0.4, 0.5) is 4.39 Å². The Kier molecular flexibility index (Phi) is 8.52. The van der Waals surface area contributed by atoms with Gasteiger partial charge in [0.25, 0.3) is 0 Å². The molecule has 0 N–H and O–H groups in total. The standard InChI is InChI=1S/C20H21Cl2FO3/c1-14(11-25-12-15-2-6-17(21)7-3-15)20(19(23)10-24)26-13-16-4-8-18(22)9-5-16/h2-10,14,19-20H,11-13H2,1H3/t14-,19+,20+/m0/s1. The van der Waals surface area contributed by atoms with Gasteiger partial charge in [-0.3, -0.25) is 0 Å². The summed E-state index contributed by atoms with van der Waals surface area (Å²) >= 11 is 11.7. The first-order valence-electron chi connectivity index (χ1n) is 8.27. The number of carbonyl (C=O) groups excluding carboxylic acids is 1. The molecule has 140 valence electrons. The highest BCUT2D eigenvalue weighted by Crippen LogP contribution is 2.19. The van der Waals surface area contributed by atoms with E-state index in [0.717, 1.165) is 11.1 Å². The number of rotatable bonds is 10. The first-order chi connectivity index (χ1) is 12.5. The molecule has 3 atom stereocenters. The third kappa shape index (κ3) is 6.69. The molecule has 0 spiro atoms. The van der Waals surface area contributed by atoms with Crippen LogP contribution < -0.4 is 0 Å². The number of aldehydes is 1. The van der Waals surface area contributed by atoms with E-state index in [0.29, 0.717) is 16.7 Å². The molecule has 2 aromatic rings. The number of halogens is 3. The van der Waals surface area contributed by atoms with Gasteiger partial charge in [0.1, 0.15) is 6.10 Å². The third-order valence-corrected chi connectivity index (χ3v) is 4.43. The lowest BCUT2D eigenvalue weighted by Crippen LogP contribution is -2.35. The van der Waals surface area contributed by atoms with Crippen molar-refractivity contribution in [3.63, 3.8) is 0 Å². The maximum absolute atomic E-state index is 14.0. The van der Waals surface area contributed by atoms with Gasteiger partial charge in [-0.25, -0.2) is 4.39 Å². The van der Waals surface area contributed by atoms with Gasteiger partial charge < -0.3 is 14.3 Å². The summed E-state index contributed by atoms with van der Waals surface area (Å²) in [6.07, 6.45) is -2.33. The van der Waals surface area contributed by atoms with Crippen LogP contribution in [0, 0.1) is 5.92 Å². The zero-order valence-electron chi connectivity index (χ0n) is 14.4. The van der Waals surface area contributed by atoms with Crippen LogP contribution in [0.1, 0.15) is 18.1 Å². The molecular weight excluding hydrogens is 378 g/mol. The molecule has 0 saturated heterocycles. The molecule has 0 aliphatic rings. The quantitative estimate of drug-likeness (QED) is 0.511. The van der Waals surface area contributed by atoms with Crippen molar-refractivity contribution in [1.29, 1.82) is 0 Å². The molecule has 6 heteroatoms. The largest absolute Gasteiger partial charge is 0.376 e. The average molecular weight is 399 g/mol.